The van der Waals surface area contributed by atoms with Crippen molar-refractivity contribution in [2.45, 2.75) is 13.0 Å². The molecule has 2 aromatic rings. The summed E-state index contributed by atoms with van der Waals surface area (Å²) in [4.78, 5) is 12.4. The van der Waals surface area contributed by atoms with E-state index >= 15 is 0 Å². The highest BCUT2D eigenvalue weighted by Gasteiger charge is 2.19. The van der Waals surface area contributed by atoms with Crippen LogP contribution in [0.25, 0.3) is 0 Å². The molecule has 7 heteroatoms. The zero-order chi connectivity index (χ0) is 15.5. The quantitative estimate of drug-likeness (QED) is 0.793. The van der Waals surface area contributed by atoms with Crippen LogP contribution in [-0.4, -0.2) is 36.9 Å². The summed E-state index contributed by atoms with van der Waals surface area (Å²) in [5.74, 6) is 1.43. The van der Waals surface area contributed by atoms with Crippen LogP contribution in [0, 0.1) is 0 Å². The number of ether oxygens (including phenoxy) is 2. The predicted molar refractivity (Wildman–Crippen MR) is 81.5 cm³/mol. The van der Waals surface area contributed by atoms with Gasteiger partial charge in [0.25, 0.3) is 5.91 Å². The Balaban J connectivity index is 1.81. The molecule has 0 bridgehead atoms. The first kappa shape index (κ1) is 14.4. The Hall–Kier alpha value is -2.54. The van der Waals surface area contributed by atoms with Gasteiger partial charge in [0.15, 0.2) is 17.3 Å². The summed E-state index contributed by atoms with van der Waals surface area (Å²) in [6.45, 7) is 1.62. The van der Waals surface area contributed by atoms with Gasteiger partial charge in [0.05, 0.1) is 14.2 Å². The summed E-state index contributed by atoms with van der Waals surface area (Å²) < 4.78 is 10.4. The van der Waals surface area contributed by atoms with Gasteiger partial charge in [0.2, 0.25) is 0 Å². The molecular weight excluding hydrogens is 284 g/mol. The highest BCUT2D eigenvalue weighted by atomic mass is 16.5. The van der Waals surface area contributed by atoms with Crippen LogP contribution in [0.1, 0.15) is 21.6 Å². The SMILES string of the molecule is COc1ccc(C(=O)Nc2n[nH]c3c2CNCC3)cc1OC. The minimum Gasteiger partial charge on any atom is -0.493 e. The molecule has 2 heterocycles. The van der Waals surface area contributed by atoms with E-state index in [9.17, 15) is 4.79 Å². The number of carbonyl (C=O) groups excluding carboxylic acids is 1. The highest BCUT2D eigenvalue weighted by molar-refractivity contribution is 6.04. The first-order valence-electron chi connectivity index (χ1n) is 7.03. The average Bonchev–Trinajstić information content (AvgIpc) is 2.97. The lowest BCUT2D eigenvalue weighted by Gasteiger charge is -2.13. The number of nitrogens with zero attached hydrogens (tertiary/aromatic N) is 1. The van der Waals surface area contributed by atoms with Gasteiger partial charge in [-0.15, -0.1) is 0 Å². The summed E-state index contributed by atoms with van der Waals surface area (Å²) in [6, 6.07) is 5.04. The van der Waals surface area contributed by atoms with Gasteiger partial charge < -0.3 is 20.1 Å². The Morgan fingerprint density at radius 3 is 2.86 bits per heavy atom. The fraction of sp³-hybridized carbons (Fsp3) is 0.333. The summed E-state index contributed by atoms with van der Waals surface area (Å²) in [7, 11) is 3.09. The molecule has 0 spiro atoms. The number of hydrogen-bond donors (Lipinski definition) is 3. The van der Waals surface area contributed by atoms with Gasteiger partial charge in [-0.3, -0.25) is 9.89 Å². The Labute approximate surface area is 128 Å². The molecule has 0 saturated heterocycles. The maximum atomic E-state index is 12.4. The Morgan fingerprint density at radius 1 is 1.27 bits per heavy atom. The Bertz CT molecular complexity index is 696. The summed E-state index contributed by atoms with van der Waals surface area (Å²) in [5.41, 5.74) is 2.57. The fourth-order valence-corrected chi connectivity index (χ4v) is 2.49. The lowest BCUT2D eigenvalue weighted by Crippen LogP contribution is -2.24. The van der Waals surface area contributed by atoms with Crippen molar-refractivity contribution in [1.82, 2.24) is 15.5 Å². The van der Waals surface area contributed by atoms with Crippen LogP contribution in [0.4, 0.5) is 5.82 Å². The smallest absolute Gasteiger partial charge is 0.257 e. The molecule has 0 unspecified atom stereocenters. The molecule has 1 amide bonds. The van der Waals surface area contributed by atoms with E-state index in [-0.39, 0.29) is 5.91 Å². The molecule has 22 heavy (non-hydrogen) atoms. The number of amides is 1. The van der Waals surface area contributed by atoms with Crippen molar-refractivity contribution in [3.05, 3.63) is 35.0 Å². The van der Waals surface area contributed by atoms with Crippen LogP contribution in [0.15, 0.2) is 18.2 Å². The predicted octanol–water partition coefficient (Wildman–Crippen LogP) is 1.32. The molecule has 1 aliphatic heterocycles. The van der Waals surface area contributed by atoms with Gasteiger partial charge in [0, 0.05) is 36.3 Å². The van der Waals surface area contributed by atoms with Gasteiger partial charge in [-0.2, -0.15) is 5.10 Å². The molecule has 1 aliphatic rings. The molecule has 3 rings (SSSR count). The van der Waals surface area contributed by atoms with E-state index in [1.54, 1.807) is 25.3 Å². The molecule has 7 nitrogen and oxygen atoms in total. The molecule has 0 saturated carbocycles. The Morgan fingerprint density at radius 2 is 2.09 bits per heavy atom. The van der Waals surface area contributed by atoms with E-state index in [2.05, 4.69) is 20.8 Å². The first-order valence-corrected chi connectivity index (χ1v) is 7.03. The van der Waals surface area contributed by atoms with Crippen molar-refractivity contribution in [1.29, 1.82) is 0 Å². The molecular formula is C15H18N4O3. The second kappa shape index (κ2) is 6.07. The standard InChI is InChI=1S/C15H18N4O3/c1-21-12-4-3-9(7-13(12)22-2)15(20)17-14-10-8-16-6-5-11(10)18-19-14/h3-4,7,16H,5-6,8H2,1-2H3,(H2,17,18,19,20). The van der Waals surface area contributed by atoms with E-state index in [4.69, 9.17) is 9.47 Å². The number of aromatic amines is 1. The molecule has 1 aromatic carbocycles. The maximum absolute atomic E-state index is 12.4. The molecule has 0 atom stereocenters. The number of H-pyrrole nitrogens is 1. The van der Waals surface area contributed by atoms with Crippen LogP contribution >= 0.6 is 0 Å². The van der Waals surface area contributed by atoms with Gasteiger partial charge in [-0.05, 0) is 18.2 Å². The number of anilines is 1. The van der Waals surface area contributed by atoms with Crippen LogP contribution in [0.2, 0.25) is 0 Å². The third-order valence-corrected chi connectivity index (χ3v) is 3.68. The number of aromatic nitrogens is 2. The van der Waals surface area contributed by atoms with Gasteiger partial charge >= 0.3 is 0 Å². The summed E-state index contributed by atoms with van der Waals surface area (Å²) in [6.07, 6.45) is 0.883. The largest absolute Gasteiger partial charge is 0.493 e. The minimum atomic E-state index is -0.235. The van der Waals surface area contributed by atoms with Crippen molar-refractivity contribution in [2.75, 3.05) is 26.1 Å². The number of carbonyl (C=O) groups is 1. The van der Waals surface area contributed by atoms with E-state index in [0.29, 0.717) is 29.4 Å². The second-order valence-electron chi connectivity index (χ2n) is 4.98. The zero-order valence-corrected chi connectivity index (χ0v) is 12.5. The summed E-state index contributed by atoms with van der Waals surface area (Å²) in [5, 5.41) is 13.3. The van der Waals surface area contributed by atoms with Crippen LogP contribution in [-0.2, 0) is 13.0 Å². The number of fused-ring (bicyclic) bond motifs is 1. The first-order chi connectivity index (χ1) is 10.7. The Kier molecular flexibility index (Phi) is 3.97. The van der Waals surface area contributed by atoms with Crippen molar-refractivity contribution >= 4 is 11.7 Å². The van der Waals surface area contributed by atoms with Crippen LogP contribution < -0.4 is 20.1 Å². The third-order valence-electron chi connectivity index (χ3n) is 3.68. The van der Waals surface area contributed by atoms with E-state index in [0.717, 1.165) is 24.2 Å². The molecule has 0 radical (unpaired) electrons. The van der Waals surface area contributed by atoms with Crippen molar-refractivity contribution in [2.24, 2.45) is 0 Å². The normalized spacial score (nSPS) is 13.4. The van der Waals surface area contributed by atoms with E-state index < -0.39 is 0 Å². The average molecular weight is 302 g/mol. The second-order valence-corrected chi connectivity index (χ2v) is 4.98. The van der Waals surface area contributed by atoms with Gasteiger partial charge in [-0.1, -0.05) is 0 Å². The number of rotatable bonds is 4. The minimum absolute atomic E-state index is 0.235. The molecule has 116 valence electrons. The van der Waals surface area contributed by atoms with Crippen molar-refractivity contribution in [3.63, 3.8) is 0 Å². The van der Waals surface area contributed by atoms with Crippen molar-refractivity contribution in [3.8, 4) is 11.5 Å². The highest BCUT2D eigenvalue weighted by Crippen LogP contribution is 2.28. The lowest BCUT2D eigenvalue weighted by atomic mass is 10.1. The number of hydrogen-bond acceptors (Lipinski definition) is 5. The fourth-order valence-electron chi connectivity index (χ4n) is 2.49. The van der Waals surface area contributed by atoms with E-state index in [1.165, 1.54) is 7.11 Å². The lowest BCUT2D eigenvalue weighted by molar-refractivity contribution is 0.102. The van der Waals surface area contributed by atoms with Crippen molar-refractivity contribution < 1.29 is 14.3 Å². The molecule has 3 N–H and O–H groups in total. The maximum Gasteiger partial charge on any atom is 0.257 e. The van der Waals surface area contributed by atoms with Gasteiger partial charge in [0.1, 0.15) is 0 Å². The third kappa shape index (κ3) is 2.62. The summed E-state index contributed by atoms with van der Waals surface area (Å²) >= 11 is 0. The van der Waals surface area contributed by atoms with Gasteiger partial charge in [-0.25, -0.2) is 0 Å². The topological polar surface area (TPSA) is 88.3 Å². The molecule has 1 aromatic heterocycles. The number of nitrogens with one attached hydrogen (secondary N) is 3. The van der Waals surface area contributed by atoms with Crippen LogP contribution in [0.3, 0.4) is 0 Å². The molecule has 0 aliphatic carbocycles. The number of methoxy groups -OCH3 is 2. The van der Waals surface area contributed by atoms with Crippen LogP contribution in [0.5, 0.6) is 11.5 Å². The monoisotopic (exact) mass is 302 g/mol. The zero-order valence-electron chi connectivity index (χ0n) is 12.5. The molecule has 0 fully saturated rings. The van der Waals surface area contributed by atoms with E-state index in [1.807, 2.05) is 0 Å². The number of benzene rings is 1.